The van der Waals surface area contributed by atoms with Gasteiger partial charge in [-0.25, -0.2) is 9.97 Å². The van der Waals surface area contributed by atoms with Crippen molar-refractivity contribution in [2.75, 3.05) is 33.4 Å². The van der Waals surface area contributed by atoms with Crippen molar-refractivity contribution in [3.05, 3.63) is 46.3 Å². The van der Waals surface area contributed by atoms with Crippen LogP contribution in [0.1, 0.15) is 30.3 Å². The highest BCUT2D eigenvalue weighted by molar-refractivity contribution is 9.10. The number of carbonyl (C=O) groups excluding carboxylic acids is 1. The molecule has 7 heteroatoms. The van der Waals surface area contributed by atoms with Gasteiger partial charge in [0.15, 0.2) is 0 Å². The molecule has 1 N–H and O–H groups in total. The second-order valence-corrected chi connectivity index (χ2v) is 8.84. The number of hydrogen-bond donors (Lipinski definition) is 1. The van der Waals surface area contributed by atoms with Crippen molar-refractivity contribution in [2.45, 2.75) is 31.7 Å². The maximum Gasteiger partial charge on any atom is 0.246 e. The number of nitrogens with one attached hydrogen (secondary N) is 1. The van der Waals surface area contributed by atoms with E-state index in [-0.39, 0.29) is 12.5 Å². The molecule has 3 aliphatic heterocycles. The van der Waals surface area contributed by atoms with Gasteiger partial charge in [0.2, 0.25) is 5.91 Å². The third-order valence-electron chi connectivity index (χ3n) is 6.08. The van der Waals surface area contributed by atoms with E-state index in [4.69, 9.17) is 9.72 Å². The fraction of sp³-hybridized carbons (Fsp3) is 0.500. The first-order valence-electron chi connectivity index (χ1n) is 10.2. The number of fused-ring (bicyclic) bond motifs is 3. The number of nitrogens with zero attached hydrogens (tertiary/aromatic N) is 3. The normalized spacial score (nSPS) is 25.8. The quantitative estimate of drug-likeness (QED) is 0.719. The lowest BCUT2D eigenvalue weighted by atomic mass is 9.74. The Balaban J connectivity index is 1.51. The molecule has 1 aromatic carbocycles. The monoisotopic (exact) mass is 458 g/mol. The molecule has 5 rings (SSSR count). The lowest BCUT2D eigenvalue weighted by molar-refractivity contribution is -0.125. The number of halogens is 1. The minimum Gasteiger partial charge on any atom is -0.375 e. The minimum absolute atomic E-state index is 0.0452. The van der Waals surface area contributed by atoms with Crippen LogP contribution in [0.2, 0.25) is 0 Å². The van der Waals surface area contributed by atoms with Crippen LogP contribution >= 0.6 is 15.9 Å². The lowest BCUT2D eigenvalue weighted by Crippen LogP contribution is -2.56. The summed E-state index contributed by atoms with van der Waals surface area (Å²) in [5, 5.41) is 3.00. The highest BCUT2D eigenvalue weighted by Crippen LogP contribution is 2.42. The molecule has 3 fully saturated rings. The van der Waals surface area contributed by atoms with Gasteiger partial charge in [-0.3, -0.25) is 9.69 Å². The number of ether oxygens (including phenoxy) is 1. The number of piperidine rings is 3. The zero-order valence-corrected chi connectivity index (χ0v) is 18.5. The van der Waals surface area contributed by atoms with E-state index >= 15 is 0 Å². The summed E-state index contributed by atoms with van der Waals surface area (Å²) in [6.07, 6.45) is 2.27. The van der Waals surface area contributed by atoms with Gasteiger partial charge >= 0.3 is 0 Å². The van der Waals surface area contributed by atoms with Crippen LogP contribution in [-0.4, -0.2) is 60.2 Å². The number of benzene rings is 1. The molecule has 3 aliphatic rings. The fourth-order valence-corrected chi connectivity index (χ4v) is 5.17. The van der Waals surface area contributed by atoms with E-state index in [0.29, 0.717) is 24.4 Å². The molecular formula is C22H27BrN4O2. The number of rotatable bonds is 6. The minimum atomic E-state index is -0.0452. The van der Waals surface area contributed by atoms with Gasteiger partial charge in [0, 0.05) is 47.9 Å². The lowest BCUT2D eigenvalue weighted by Gasteiger charge is -2.49. The Morgan fingerprint density at radius 3 is 2.90 bits per heavy atom. The Morgan fingerprint density at radius 2 is 2.17 bits per heavy atom. The van der Waals surface area contributed by atoms with Gasteiger partial charge in [-0.2, -0.15) is 0 Å². The number of methoxy groups -OCH3 is 1. The highest BCUT2D eigenvalue weighted by atomic mass is 79.9. The maximum absolute atomic E-state index is 11.7. The average Bonchev–Trinajstić information content (AvgIpc) is 2.73. The Morgan fingerprint density at radius 1 is 1.34 bits per heavy atom. The van der Waals surface area contributed by atoms with Gasteiger partial charge < -0.3 is 10.1 Å². The van der Waals surface area contributed by atoms with Gasteiger partial charge in [0.25, 0.3) is 0 Å². The summed E-state index contributed by atoms with van der Waals surface area (Å²) in [5.74, 6) is 1.77. The van der Waals surface area contributed by atoms with Crippen LogP contribution in [0.25, 0.3) is 11.3 Å². The fourth-order valence-electron chi connectivity index (χ4n) is 4.69. The summed E-state index contributed by atoms with van der Waals surface area (Å²) in [6.45, 7) is 4.86. The number of hydrogen-bond acceptors (Lipinski definition) is 5. The molecule has 1 amide bonds. The smallest absolute Gasteiger partial charge is 0.246 e. The van der Waals surface area contributed by atoms with E-state index in [9.17, 15) is 4.79 Å². The van der Waals surface area contributed by atoms with E-state index < -0.39 is 0 Å². The van der Waals surface area contributed by atoms with Crippen molar-refractivity contribution in [1.29, 1.82) is 0 Å². The second kappa shape index (κ2) is 8.90. The van der Waals surface area contributed by atoms with Crippen molar-refractivity contribution >= 4 is 21.8 Å². The predicted octanol–water partition coefficient (Wildman–Crippen LogP) is 3.15. The molecule has 1 unspecified atom stereocenters. The molecule has 0 aliphatic carbocycles. The molecule has 154 valence electrons. The van der Waals surface area contributed by atoms with Crippen LogP contribution in [0.3, 0.4) is 0 Å². The first-order valence-corrected chi connectivity index (χ1v) is 10.9. The largest absolute Gasteiger partial charge is 0.375 e. The Hall–Kier alpha value is -1.83. The Labute approximate surface area is 180 Å². The molecule has 4 heterocycles. The van der Waals surface area contributed by atoms with Gasteiger partial charge in [0.05, 0.1) is 5.69 Å². The average molecular weight is 459 g/mol. The van der Waals surface area contributed by atoms with E-state index in [1.807, 2.05) is 25.1 Å². The van der Waals surface area contributed by atoms with Crippen LogP contribution in [0.15, 0.2) is 34.8 Å². The van der Waals surface area contributed by atoms with Gasteiger partial charge in [-0.15, -0.1) is 0 Å². The van der Waals surface area contributed by atoms with Crippen molar-refractivity contribution in [3.8, 4) is 11.3 Å². The topological polar surface area (TPSA) is 67.3 Å². The van der Waals surface area contributed by atoms with Crippen molar-refractivity contribution in [2.24, 2.45) is 5.92 Å². The highest BCUT2D eigenvalue weighted by Gasteiger charge is 2.41. The number of aryl methyl sites for hydroxylation is 1. The molecule has 1 aromatic heterocycles. The zero-order chi connectivity index (χ0) is 20.4. The summed E-state index contributed by atoms with van der Waals surface area (Å²) in [4.78, 5) is 23.8. The maximum atomic E-state index is 11.7. The predicted molar refractivity (Wildman–Crippen MR) is 116 cm³/mol. The van der Waals surface area contributed by atoms with Crippen molar-refractivity contribution in [3.63, 3.8) is 0 Å². The number of carbonyl (C=O) groups is 1. The molecule has 29 heavy (non-hydrogen) atoms. The van der Waals surface area contributed by atoms with E-state index in [2.05, 4.69) is 43.3 Å². The zero-order valence-electron chi connectivity index (χ0n) is 16.9. The summed E-state index contributed by atoms with van der Waals surface area (Å²) in [7, 11) is 1.54. The molecule has 3 saturated heterocycles. The summed E-state index contributed by atoms with van der Waals surface area (Å²) in [5.41, 5.74) is 3.21. The third kappa shape index (κ3) is 4.52. The molecule has 2 bridgehead atoms. The van der Waals surface area contributed by atoms with E-state index in [1.165, 1.54) is 6.42 Å². The van der Waals surface area contributed by atoms with Crippen molar-refractivity contribution in [1.82, 2.24) is 20.2 Å². The standard InChI is InChI=1S/C22H27BrN4O2/c1-14-25-20(17-5-3-4-6-19(17)23)10-21(26-14)18-12-27-8-7-15(18)9-16(27)11-24-22(28)13-29-2/h3-6,10,15-16,18H,7-9,11-13H2,1-2H3,(H,24,28)/t15-,16+,18+/m0/s1. The molecular weight excluding hydrogens is 432 g/mol. The SMILES string of the molecule is COCC(=O)NC[C@H]1C[C@@H]2CCN1C[C@H]2c1cc(-c2ccccc2Br)nc(C)n1. The molecule has 0 spiro atoms. The van der Waals surface area contributed by atoms with Gasteiger partial charge in [-0.05, 0) is 44.4 Å². The molecule has 0 radical (unpaired) electrons. The molecule has 2 aromatic rings. The first kappa shape index (κ1) is 20.4. The van der Waals surface area contributed by atoms with Gasteiger partial charge in [0.1, 0.15) is 12.4 Å². The first-order chi connectivity index (χ1) is 14.0. The van der Waals surface area contributed by atoms with Crippen LogP contribution in [0.4, 0.5) is 0 Å². The van der Waals surface area contributed by atoms with Crippen LogP contribution < -0.4 is 5.32 Å². The van der Waals surface area contributed by atoms with Crippen LogP contribution in [-0.2, 0) is 9.53 Å². The summed E-state index contributed by atoms with van der Waals surface area (Å²) in [6, 6.07) is 10.7. The van der Waals surface area contributed by atoms with Gasteiger partial charge in [-0.1, -0.05) is 34.1 Å². The molecule has 4 atom stereocenters. The summed E-state index contributed by atoms with van der Waals surface area (Å²) < 4.78 is 5.95. The van der Waals surface area contributed by atoms with E-state index in [1.54, 1.807) is 7.11 Å². The number of aromatic nitrogens is 2. The molecule has 0 saturated carbocycles. The summed E-state index contributed by atoms with van der Waals surface area (Å²) >= 11 is 3.65. The second-order valence-electron chi connectivity index (χ2n) is 7.98. The third-order valence-corrected chi connectivity index (χ3v) is 6.77. The molecule has 6 nitrogen and oxygen atoms in total. The van der Waals surface area contributed by atoms with E-state index in [0.717, 1.165) is 46.8 Å². The van der Waals surface area contributed by atoms with Crippen LogP contribution in [0, 0.1) is 12.8 Å². The Kier molecular flexibility index (Phi) is 6.27. The Bertz CT molecular complexity index is 891. The van der Waals surface area contributed by atoms with Crippen molar-refractivity contribution < 1.29 is 9.53 Å². The van der Waals surface area contributed by atoms with Crippen LogP contribution in [0.5, 0.6) is 0 Å². The number of amides is 1.